The SMILES string of the molecule is COc1ccc(CC2(F)CCCNCC2)cc1F. The van der Waals surface area contributed by atoms with Crippen LogP contribution >= 0.6 is 0 Å². The van der Waals surface area contributed by atoms with Crippen LogP contribution in [0.5, 0.6) is 5.75 Å². The van der Waals surface area contributed by atoms with E-state index in [4.69, 9.17) is 4.74 Å². The topological polar surface area (TPSA) is 21.3 Å². The van der Waals surface area contributed by atoms with Crippen molar-refractivity contribution >= 4 is 0 Å². The van der Waals surface area contributed by atoms with Crippen LogP contribution in [0.3, 0.4) is 0 Å². The third-order valence-corrected chi connectivity index (χ3v) is 3.47. The number of halogens is 2. The third kappa shape index (κ3) is 3.19. The van der Waals surface area contributed by atoms with Crippen molar-refractivity contribution in [3.8, 4) is 5.75 Å². The van der Waals surface area contributed by atoms with Crippen LogP contribution in [-0.4, -0.2) is 25.9 Å². The molecule has 1 atom stereocenters. The van der Waals surface area contributed by atoms with E-state index in [1.54, 1.807) is 12.1 Å². The summed E-state index contributed by atoms with van der Waals surface area (Å²) in [4.78, 5) is 0. The van der Waals surface area contributed by atoms with Crippen molar-refractivity contribution < 1.29 is 13.5 Å². The average molecular weight is 255 g/mol. The van der Waals surface area contributed by atoms with Crippen LogP contribution in [0.4, 0.5) is 8.78 Å². The van der Waals surface area contributed by atoms with E-state index in [0.717, 1.165) is 13.0 Å². The molecule has 1 fully saturated rings. The standard InChI is InChI=1S/C14H19F2NO/c1-18-13-4-3-11(9-12(13)15)10-14(16)5-2-7-17-8-6-14/h3-4,9,17H,2,5-8,10H2,1H3. The Bertz CT molecular complexity index is 401. The van der Waals surface area contributed by atoms with E-state index in [-0.39, 0.29) is 12.2 Å². The Hall–Kier alpha value is -1.16. The molecule has 1 aromatic carbocycles. The summed E-state index contributed by atoms with van der Waals surface area (Å²) in [5, 5.41) is 3.18. The molecule has 1 saturated heterocycles. The van der Waals surface area contributed by atoms with E-state index in [9.17, 15) is 8.78 Å². The second-order valence-electron chi connectivity index (χ2n) is 4.90. The van der Waals surface area contributed by atoms with Gasteiger partial charge in [0.1, 0.15) is 5.67 Å². The molecule has 2 nitrogen and oxygen atoms in total. The number of methoxy groups -OCH3 is 1. The molecule has 1 N–H and O–H groups in total. The minimum Gasteiger partial charge on any atom is -0.494 e. The summed E-state index contributed by atoms with van der Waals surface area (Å²) in [5.41, 5.74) is -0.525. The summed E-state index contributed by atoms with van der Waals surface area (Å²) in [6.07, 6.45) is 2.12. The van der Waals surface area contributed by atoms with E-state index in [1.165, 1.54) is 13.2 Å². The smallest absolute Gasteiger partial charge is 0.165 e. The molecule has 0 bridgehead atoms. The number of hydrogen-bond acceptors (Lipinski definition) is 2. The molecule has 1 aromatic rings. The van der Waals surface area contributed by atoms with Gasteiger partial charge in [0, 0.05) is 6.42 Å². The van der Waals surface area contributed by atoms with E-state index in [0.29, 0.717) is 24.9 Å². The molecule has 0 radical (unpaired) electrons. The van der Waals surface area contributed by atoms with Gasteiger partial charge in [0.25, 0.3) is 0 Å². The molecule has 4 heteroatoms. The van der Waals surface area contributed by atoms with Crippen molar-refractivity contribution in [3.63, 3.8) is 0 Å². The predicted octanol–water partition coefficient (Wildman–Crippen LogP) is 2.86. The van der Waals surface area contributed by atoms with Crippen LogP contribution in [0.2, 0.25) is 0 Å². The second kappa shape index (κ2) is 5.65. The minimum absolute atomic E-state index is 0.203. The number of alkyl halides is 1. The normalized spacial score (nSPS) is 24.6. The summed E-state index contributed by atoms with van der Waals surface area (Å²) < 4.78 is 33.0. The second-order valence-corrected chi connectivity index (χ2v) is 4.90. The largest absolute Gasteiger partial charge is 0.494 e. The zero-order chi connectivity index (χ0) is 13.0. The first-order chi connectivity index (χ1) is 8.63. The lowest BCUT2D eigenvalue weighted by Gasteiger charge is -2.23. The van der Waals surface area contributed by atoms with Crippen molar-refractivity contribution in [1.29, 1.82) is 0 Å². The van der Waals surface area contributed by atoms with Crippen molar-refractivity contribution in [2.75, 3.05) is 20.2 Å². The third-order valence-electron chi connectivity index (χ3n) is 3.47. The summed E-state index contributed by atoms with van der Waals surface area (Å²) in [5.74, 6) is -0.223. The van der Waals surface area contributed by atoms with E-state index >= 15 is 0 Å². The van der Waals surface area contributed by atoms with Gasteiger partial charge in [-0.1, -0.05) is 6.07 Å². The Morgan fingerprint density at radius 3 is 2.89 bits per heavy atom. The molecular formula is C14H19F2NO. The fourth-order valence-corrected chi connectivity index (χ4v) is 2.46. The lowest BCUT2D eigenvalue weighted by atomic mass is 9.89. The molecular weight excluding hydrogens is 236 g/mol. The molecule has 2 rings (SSSR count). The van der Waals surface area contributed by atoms with Gasteiger partial charge in [-0.3, -0.25) is 0 Å². The highest BCUT2D eigenvalue weighted by atomic mass is 19.1. The molecule has 1 aliphatic heterocycles. The highest BCUT2D eigenvalue weighted by Gasteiger charge is 2.30. The van der Waals surface area contributed by atoms with Gasteiger partial charge >= 0.3 is 0 Å². The quantitative estimate of drug-likeness (QED) is 0.896. The maximum Gasteiger partial charge on any atom is 0.165 e. The van der Waals surface area contributed by atoms with Crippen LogP contribution in [0.1, 0.15) is 24.8 Å². The lowest BCUT2D eigenvalue weighted by Crippen LogP contribution is -2.27. The van der Waals surface area contributed by atoms with Crippen LogP contribution in [-0.2, 0) is 6.42 Å². The summed E-state index contributed by atoms with van der Waals surface area (Å²) in [6, 6.07) is 4.67. The first-order valence-electron chi connectivity index (χ1n) is 6.35. The Morgan fingerprint density at radius 2 is 2.17 bits per heavy atom. The first kappa shape index (κ1) is 13.3. The number of rotatable bonds is 3. The Balaban J connectivity index is 2.10. The minimum atomic E-state index is -1.22. The summed E-state index contributed by atoms with van der Waals surface area (Å²) in [6.45, 7) is 1.55. The van der Waals surface area contributed by atoms with E-state index < -0.39 is 11.5 Å². The molecule has 1 aliphatic rings. The molecule has 1 heterocycles. The Kier molecular flexibility index (Phi) is 4.17. The molecule has 0 saturated carbocycles. The van der Waals surface area contributed by atoms with Crippen LogP contribution in [0.15, 0.2) is 18.2 Å². The molecule has 18 heavy (non-hydrogen) atoms. The predicted molar refractivity (Wildman–Crippen MR) is 67.2 cm³/mol. The molecule has 0 amide bonds. The number of benzene rings is 1. The monoisotopic (exact) mass is 255 g/mol. The summed E-state index contributed by atoms with van der Waals surface area (Å²) in [7, 11) is 1.42. The van der Waals surface area contributed by atoms with Crippen molar-refractivity contribution in [1.82, 2.24) is 5.32 Å². The van der Waals surface area contributed by atoms with Gasteiger partial charge in [0.15, 0.2) is 11.6 Å². The highest BCUT2D eigenvalue weighted by molar-refractivity contribution is 5.30. The van der Waals surface area contributed by atoms with E-state index in [1.807, 2.05) is 0 Å². The van der Waals surface area contributed by atoms with Crippen molar-refractivity contribution in [3.05, 3.63) is 29.6 Å². The zero-order valence-corrected chi connectivity index (χ0v) is 10.6. The number of ether oxygens (including phenoxy) is 1. The maximum absolute atomic E-state index is 14.6. The highest BCUT2D eigenvalue weighted by Crippen LogP contribution is 2.30. The molecule has 0 aliphatic carbocycles. The van der Waals surface area contributed by atoms with E-state index in [2.05, 4.69) is 5.32 Å². The Labute approximate surface area is 106 Å². The fraction of sp³-hybridized carbons (Fsp3) is 0.571. The summed E-state index contributed by atoms with van der Waals surface area (Å²) >= 11 is 0. The van der Waals surface area contributed by atoms with Crippen molar-refractivity contribution in [2.24, 2.45) is 0 Å². The average Bonchev–Trinajstić information content (AvgIpc) is 2.54. The maximum atomic E-state index is 14.6. The zero-order valence-electron chi connectivity index (χ0n) is 10.6. The van der Waals surface area contributed by atoms with Gasteiger partial charge in [0.05, 0.1) is 7.11 Å². The molecule has 100 valence electrons. The Morgan fingerprint density at radius 1 is 1.33 bits per heavy atom. The number of nitrogens with one attached hydrogen (secondary N) is 1. The molecule has 0 spiro atoms. The lowest BCUT2D eigenvalue weighted by molar-refractivity contribution is 0.144. The first-order valence-corrected chi connectivity index (χ1v) is 6.35. The van der Waals surface area contributed by atoms with Crippen molar-refractivity contribution in [2.45, 2.75) is 31.4 Å². The van der Waals surface area contributed by atoms with Crippen LogP contribution in [0, 0.1) is 5.82 Å². The van der Waals surface area contributed by atoms with Gasteiger partial charge in [-0.15, -0.1) is 0 Å². The van der Waals surface area contributed by atoms with Gasteiger partial charge in [-0.05, 0) is 50.0 Å². The van der Waals surface area contributed by atoms with Gasteiger partial charge in [0.2, 0.25) is 0 Å². The van der Waals surface area contributed by atoms with Crippen LogP contribution < -0.4 is 10.1 Å². The molecule has 0 aromatic heterocycles. The van der Waals surface area contributed by atoms with Gasteiger partial charge < -0.3 is 10.1 Å². The van der Waals surface area contributed by atoms with Crippen LogP contribution in [0.25, 0.3) is 0 Å². The molecule has 1 unspecified atom stereocenters. The van der Waals surface area contributed by atoms with Gasteiger partial charge in [-0.25, -0.2) is 8.78 Å². The van der Waals surface area contributed by atoms with Gasteiger partial charge in [-0.2, -0.15) is 0 Å². The fourth-order valence-electron chi connectivity index (χ4n) is 2.46. The number of hydrogen-bond donors (Lipinski definition) is 1.